The SMILES string of the molecule is O=C(NCc1ccccc1F)c1cc([N+](=O)[O-])ccc1I. The standard InChI is InChI=1S/C14H10FIN2O3/c15-12-4-2-1-3-9(12)8-17-14(19)11-7-10(18(20)21)5-6-13(11)16/h1-7H,8H2,(H,17,19). The summed E-state index contributed by atoms with van der Waals surface area (Å²) in [6.07, 6.45) is 0. The summed E-state index contributed by atoms with van der Waals surface area (Å²) >= 11 is 1.92. The van der Waals surface area contributed by atoms with Crippen LogP contribution < -0.4 is 5.32 Å². The third kappa shape index (κ3) is 3.75. The highest BCUT2D eigenvalue weighted by molar-refractivity contribution is 14.1. The van der Waals surface area contributed by atoms with E-state index in [-0.39, 0.29) is 17.8 Å². The lowest BCUT2D eigenvalue weighted by Crippen LogP contribution is -2.24. The Hall–Kier alpha value is -2.03. The molecular weight excluding hydrogens is 390 g/mol. The third-order valence-electron chi connectivity index (χ3n) is 2.80. The number of rotatable bonds is 4. The number of nitro groups is 1. The summed E-state index contributed by atoms with van der Waals surface area (Å²) in [6, 6.07) is 10.1. The first-order valence-corrected chi connectivity index (χ1v) is 7.02. The van der Waals surface area contributed by atoms with E-state index < -0.39 is 16.6 Å². The zero-order valence-corrected chi connectivity index (χ0v) is 12.8. The van der Waals surface area contributed by atoms with E-state index in [4.69, 9.17) is 0 Å². The minimum absolute atomic E-state index is 0.0181. The van der Waals surface area contributed by atoms with E-state index in [1.165, 1.54) is 24.3 Å². The van der Waals surface area contributed by atoms with Gasteiger partial charge in [0.1, 0.15) is 5.82 Å². The molecule has 0 radical (unpaired) electrons. The fourth-order valence-electron chi connectivity index (χ4n) is 1.71. The molecule has 2 aromatic carbocycles. The van der Waals surface area contributed by atoms with E-state index in [0.29, 0.717) is 9.13 Å². The Labute approximate surface area is 133 Å². The van der Waals surface area contributed by atoms with Crippen molar-refractivity contribution in [2.75, 3.05) is 0 Å². The van der Waals surface area contributed by atoms with Crippen molar-refractivity contribution < 1.29 is 14.1 Å². The molecule has 0 unspecified atom stereocenters. The molecule has 0 spiro atoms. The zero-order chi connectivity index (χ0) is 15.4. The molecule has 2 rings (SSSR count). The van der Waals surface area contributed by atoms with Crippen LogP contribution in [0.25, 0.3) is 0 Å². The average Bonchev–Trinajstić information content (AvgIpc) is 2.46. The normalized spacial score (nSPS) is 10.2. The molecule has 5 nitrogen and oxygen atoms in total. The largest absolute Gasteiger partial charge is 0.348 e. The fourth-order valence-corrected chi connectivity index (χ4v) is 2.29. The van der Waals surface area contributed by atoms with Crippen molar-refractivity contribution in [3.05, 3.63) is 73.1 Å². The first kappa shape index (κ1) is 15.4. The molecule has 0 heterocycles. The van der Waals surface area contributed by atoms with Crippen LogP contribution in [0.5, 0.6) is 0 Å². The second-order valence-corrected chi connectivity index (χ2v) is 5.36. The second-order valence-electron chi connectivity index (χ2n) is 4.20. The fraction of sp³-hybridized carbons (Fsp3) is 0.0714. The van der Waals surface area contributed by atoms with Crippen molar-refractivity contribution in [1.29, 1.82) is 0 Å². The number of nitrogens with one attached hydrogen (secondary N) is 1. The van der Waals surface area contributed by atoms with Gasteiger partial charge in [-0.05, 0) is 34.7 Å². The average molecular weight is 400 g/mol. The van der Waals surface area contributed by atoms with Crippen molar-refractivity contribution in [2.24, 2.45) is 0 Å². The van der Waals surface area contributed by atoms with E-state index in [1.54, 1.807) is 18.2 Å². The van der Waals surface area contributed by atoms with Crippen LogP contribution in [0.15, 0.2) is 42.5 Å². The molecule has 0 saturated heterocycles. The Bertz CT molecular complexity index is 706. The number of hydrogen-bond acceptors (Lipinski definition) is 3. The molecule has 1 amide bonds. The third-order valence-corrected chi connectivity index (χ3v) is 3.74. The van der Waals surface area contributed by atoms with Gasteiger partial charge in [-0.25, -0.2) is 4.39 Å². The van der Waals surface area contributed by atoms with Crippen molar-refractivity contribution in [3.63, 3.8) is 0 Å². The lowest BCUT2D eigenvalue weighted by Gasteiger charge is -2.07. The van der Waals surface area contributed by atoms with Crippen LogP contribution in [0.1, 0.15) is 15.9 Å². The number of benzene rings is 2. The van der Waals surface area contributed by atoms with Gasteiger partial charge in [0.2, 0.25) is 0 Å². The molecule has 1 N–H and O–H groups in total. The summed E-state index contributed by atoms with van der Waals surface area (Å²) in [6.45, 7) is 0.0181. The number of carbonyl (C=O) groups excluding carboxylic acids is 1. The molecule has 0 aromatic heterocycles. The maximum absolute atomic E-state index is 13.4. The molecule has 0 aliphatic rings. The Kier molecular flexibility index (Phi) is 4.84. The van der Waals surface area contributed by atoms with Crippen LogP contribution in [0.3, 0.4) is 0 Å². The molecule has 0 saturated carbocycles. The number of halogens is 2. The van der Waals surface area contributed by atoms with Crippen LogP contribution in [-0.4, -0.2) is 10.8 Å². The van der Waals surface area contributed by atoms with Crippen molar-refractivity contribution >= 4 is 34.2 Å². The van der Waals surface area contributed by atoms with Gasteiger partial charge in [0.15, 0.2) is 0 Å². The molecule has 0 atom stereocenters. The smallest absolute Gasteiger partial charge is 0.270 e. The zero-order valence-electron chi connectivity index (χ0n) is 10.7. The van der Waals surface area contributed by atoms with Crippen molar-refractivity contribution in [2.45, 2.75) is 6.54 Å². The highest BCUT2D eigenvalue weighted by Gasteiger charge is 2.15. The van der Waals surface area contributed by atoms with Crippen molar-refractivity contribution in [3.8, 4) is 0 Å². The Morgan fingerprint density at radius 3 is 2.67 bits per heavy atom. The van der Waals surface area contributed by atoms with Gasteiger partial charge in [-0.1, -0.05) is 18.2 Å². The quantitative estimate of drug-likeness (QED) is 0.487. The van der Waals surface area contributed by atoms with Crippen LogP contribution >= 0.6 is 22.6 Å². The van der Waals surface area contributed by atoms with Crippen LogP contribution in [0.2, 0.25) is 0 Å². The van der Waals surface area contributed by atoms with Gasteiger partial charge in [0.25, 0.3) is 11.6 Å². The predicted molar refractivity (Wildman–Crippen MR) is 83.4 cm³/mol. The molecule has 0 aliphatic carbocycles. The maximum Gasteiger partial charge on any atom is 0.270 e. The summed E-state index contributed by atoms with van der Waals surface area (Å²) in [5.41, 5.74) is 0.388. The van der Waals surface area contributed by atoms with Crippen molar-refractivity contribution in [1.82, 2.24) is 5.32 Å². The summed E-state index contributed by atoms with van der Waals surface area (Å²) in [7, 11) is 0. The van der Waals surface area contributed by atoms with E-state index in [0.717, 1.165) is 0 Å². The number of amides is 1. The van der Waals surface area contributed by atoms with E-state index in [1.807, 2.05) is 22.6 Å². The second kappa shape index (κ2) is 6.61. The van der Waals surface area contributed by atoms with Crippen LogP contribution in [0.4, 0.5) is 10.1 Å². The molecule has 0 fully saturated rings. The van der Waals surface area contributed by atoms with Gasteiger partial charge in [-0.3, -0.25) is 14.9 Å². The minimum atomic E-state index is -0.566. The summed E-state index contributed by atoms with van der Waals surface area (Å²) in [5, 5.41) is 13.3. The lowest BCUT2D eigenvalue weighted by atomic mass is 10.1. The van der Waals surface area contributed by atoms with Gasteiger partial charge in [-0.2, -0.15) is 0 Å². The Balaban J connectivity index is 2.15. The topological polar surface area (TPSA) is 72.2 Å². The van der Waals surface area contributed by atoms with E-state index >= 15 is 0 Å². The molecule has 0 aliphatic heterocycles. The molecule has 0 bridgehead atoms. The lowest BCUT2D eigenvalue weighted by molar-refractivity contribution is -0.384. The maximum atomic E-state index is 13.4. The Morgan fingerprint density at radius 2 is 2.00 bits per heavy atom. The van der Waals surface area contributed by atoms with Crippen LogP contribution in [-0.2, 0) is 6.54 Å². The molecule has 7 heteroatoms. The van der Waals surface area contributed by atoms with E-state index in [2.05, 4.69) is 5.32 Å². The van der Waals surface area contributed by atoms with Crippen LogP contribution in [0, 0.1) is 19.5 Å². The Morgan fingerprint density at radius 1 is 1.29 bits per heavy atom. The first-order chi connectivity index (χ1) is 9.99. The molecular formula is C14H10FIN2O3. The summed E-state index contributed by atoms with van der Waals surface area (Å²) in [4.78, 5) is 22.2. The van der Waals surface area contributed by atoms with Gasteiger partial charge in [0, 0.05) is 27.8 Å². The van der Waals surface area contributed by atoms with E-state index in [9.17, 15) is 19.3 Å². The van der Waals surface area contributed by atoms with Gasteiger partial charge < -0.3 is 5.32 Å². The minimum Gasteiger partial charge on any atom is -0.348 e. The number of nitro benzene ring substituents is 1. The van der Waals surface area contributed by atoms with Gasteiger partial charge >= 0.3 is 0 Å². The van der Waals surface area contributed by atoms with Gasteiger partial charge in [-0.15, -0.1) is 0 Å². The number of nitrogens with zero attached hydrogens (tertiary/aromatic N) is 1. The monoisotopic (exact) mass is 400 g/mol. The molecule has 108 valence electrons. The first-order valence-electron chi connectivity index (χ1n) is 5.94. The number of hydrogen-bond donors (Lipinski definition) is 1. The number of non-ortho nitro benzene ring substituents is 1. The highest BCUT2D eigenvalue weighted by Crippen LogP contribution is 2.19. The molecule has 2 aromatic rings. The molecule has 21 heavy (non-hydrogen) atoms. The summed E-state index contributed by atoms with van der Waals surface area (Å²) < 4.78 is 14.0. The summed E-state index contributed by atoms with van der Waals surface area (Å²) in [5.74, 6) is -0.891. The predicted octanol–water partition coefficient (Wildman–Crippen LogP) is 3.27. The number of carbonyl (C=O) groups is 1. The van der Waals surface area contributed by atoms with Gasteiger partial charge in [0.05, 0.1) is 10.5 Å². The highest BCUT2D eigenvalue weighted by atomic mass is 127.